The number of nitrogens with one attached hydrogen (secondary N) is 2. The molecule has 0 heterocycles. The standard InChI is InChI=1S/C16H23N3O4S/c1-3-4-5-6-7-8-15(20)18-16(24)17-13-10-9-12(19(21)22)11-14(13)23-2/h9-11H,3-8H2,1-2H3,(H2,17,18,20,24). The number of rotatable bonds is 9. The Morgan fingerprint density at radius 3 is 2.62 bits per heavy atom. The Hall–Kier alpha value is -2.22. The van der Waals surface area contributed by atoms with Gasteiger partial charge in [0.25, 0.3) is 5.69 Å². The van der Waals surface area contributed by atoms with Crippen LogP contribution < -0.4 is 15.4 Å². The lowest BCUT2D eigenvalue weighted by Gasteiger charge is -2.12. The van der Waals surface area contributed by atoms with Crippen LogP contribution in [0.15, 0.2) is 18.2 Å². The third-order valence-electron chi connectivity index (χ3n) is 3.40. The lowest BCUT2D eigenvalue weighted by Crippen LogP contribution is -2.34. The van der Waals surface area contributed by atoms with Gasteiger partial charge in [0.2, 0.25) is 5.91 Å². The van der Waals surface area contributed by atoms with Gasteiger partial charge in [0.05, 0.1) is 23.8 Å². The van der Waals surface area contributed by atoms with Crippen molar-refractivity contribution in [3.05, 3.63) is 28.3 Å². The second kappa shape index (κ2) is 10.5. The molecular weight excluding hydrogens is 330 g/mol. The molecule has 0 aromatic heterocycles. The van der Waals surface area contributed by atoms with Crippen LogP contribution in [0.4, 0.5) is 11.4 Å². The van der Waals surface area contributed by atoms with Crippen LogP contribution in [0.1, 0.15) is 45.4 Å². The van der Waals surface area contributed by atoms with Crippen molar-refractivity contribution in [2.75, 3.05) is 12.4 Å². The number of carbonyl (C=O) groups is 1. The van der Waals surface area contributed by atoms with Gasteiger partial charge in [-0.2, -0.15) is 0 Å². The van der Waals surface area contributed by atoms with E-state index in [9.17, 15) is 14.9 Å². The Balaban J connectivity index is 2.49. The number of hydrogen-bond acceptors (Lipinski definition) is 5. The van der Waals surface area contributed by atoms with Gasteiger partial charge in [-0.1, -0.05) is 32.6 Å². The van der Waals surface area contributed by atoms with E-state index < -0.39 is 4.92 Å². The van der Waals surface area contributed by atoms with Crippen LogP contribution in [0.5, 0.6) is 5.75 Å². The van der Waals surface area contributed by atoms with Crippen molar-refractivity contribution in [2.45, 2.75) is 45.4 Å². The van der Waals surface area contributed by atoms with Crippen molar-refractivity contribution >= 4 is 34.6 Å². The van der Waals surface area contributed by atoms with E-state index in [0.717, 1.165) is 25.7 Å². The van der Waals surface area contributed by atoms with E-state index in [1.54, 1.807) is 0 Å². The first-order valence-corrected chi connectivity index (χ1v) is 8.32. The van der Waals surface area contributed by atoms with Gasteiger partial charge >= 0.3 is 0 Å². The molecule has 0 fully saturated rings. The fraction of sp³-hybridized carbons (Fsp3) is 0.500. The minimum atomic E-state index is -0.509. The van der Waals surface area contributed by atoms with E-state index >= 15 is 0 Å². The zero-order valence-electron chi connectivity index (χ0n) is 14.0. The summed E-state index contributed by atoms with van der Waals surface area (Å²) in [5.74, 6) is 0.130. The van der Waals surface area contributed by atoms with Crippen molar-refractivity contribution < 1.29 is 14.5 Å². The normalized spacial score (nSPS) is 10.1. The average Bonchev–Trinajstić information content (AvgIpc) is 2.54. The molecule has 0 atom stereocenters. The molecular formula is C16H23N3O4S. The summed E-state index contributed by atoms with van der Waals surface area (Å²) in [6.45, 7) is 2.14. The highest BCUT2D eigenvalue weighted by atomic mass is 32.1. The summed E-state index contributed by atoms with van der Waals surface area (Å²) < 4.78 is 5.11. The Labute approximate surface area is 146 Å². The van der Waals surface area contributed by atoms with E-state index in [4.69, 9.17) is 17.0 Å². The quantitative estimate of drug-likeness (QED) is 0.304. The van der Waals surface area contributed by atoms with Gasteiger partial charge in [0.1, 0.15) is 5.75 Å². The van der Waals surface area contributed by atoms with E-state index in [2.05, 4.69) is 17.6 Å². The Morgan fingerprint density at radius 1 is 1.29 bits per heavy atom. The first-order valence-electron chi connectivity index (χ1n) is 7.91. The number of methoxy groups -OCH3 is 1. The number of non-ortho nitro benzene ring substituents is 1. The number of nitro groups is 1. The zero-order valence-corrected chi connectivity index (χ0v) is 14.8. The van der Waals surface area contributed by atoms with Crippen LogP contribution >= 0.6 is 12.2 Å². The second-order valence-electron chi connectivity index (χ2n) is 5.31. The minimum absolute atomic E-state index is 0.0839. The minimum Gasteiger partial charge on any atom is -0.494 e. The first-order chi connectivity index (χ1) is 11.5. The molecule has 132 valence electrons. The predicted molar refractivity (Wildman–Crippen MR) is 97.4 cm³/mol. The summed E-state index contributed by atoms with van der Waals surface area (Å²) >= 11 is 5.09. The topological polar surface area (TPSA) is 93.5 Å². The van der Waals surface area contributed by atoms with Gasteiger partial charge < -0.3 is 15.4 Å². The smallest absolute Gasteiger partial charge is 0.273 e. The van der Waals surface area contributed by atoms with E-state index in [-0.39, 0.29) is 22.5 Å². The maximum atomic E-state index is 11.8. The van der Waals surface area contributed by atoms with Crippen molar-refractivity contribution in [3.8, 4) is 5.75 Å². The highest BCUT2D eigenvalue weighted by Crippen LogP contribution is 2.28. The number of carbonyl (C=O) groups excluding carboxylic acids is 1. The molecule has 1 aromatic carbocycles. The first kappa shape index (κ1) is 19.8. The van der Waals surface area contributed by atoms with Crippen molar-refractivity contribution in [2.24, 2.45) is 0 Å². The summed E-state index contributed by atoms with van der Waals surface area (Å²) in [7, 11) is 1.40. The maximum absolute atomic E-state index is 11.8. The van der Waals surface area contributed by atoms with Crippen LogP contribution in [0.3, 0.4) is 0 Å². The number of amides is 1. The molecule has 7 nitrogen and oxygen atoms in total. The molecule has 0 aliphatic heterocycles. The summed E-state index contributed by atoms with van der Waals surface area (Å²) in [4.78, 5) is 22.1. The molecule has 24 heavy (non-hydrogen) atoms. The number of unbranched alkanes of at least 4 members (excludes halogenated alkanes) is 4. The molecule has 8 heteroatoms. The highest BCUT2D eigenvalue weighted by molar-refractivity contribution is 7.80. The molecule has 0 saturated heterocycles. The van der Waals surface area contributed by atoms with Gasteiger partial charge in [-0.3, -0.25) is 14.9 Å². The number of nitro benzene ring substituents is 1. The summed E-state index contributed by atoms with van der Waals surface area (Å²) in [5, 5.41) is 16.3. The van der Waals surface area contributed by atoms with E-state index in [1.807, 2.05) is 0 Å². The molecule has 0 unspecified atom stereocenters. The fourth-order valence-electron chi connectivity index (χ4n) is 2.13. The number of nitrogens with zero attached hydrogens (tertiary/aromatic N) is 1. The molecule has 1 aromatic rings. The molecule has 0 saturated carbocycles. The molecule has 0 spiro atoms. The van der Waals surface area contributed by atoms with Crippen molar-refractivity contribution in [3.63, 3.8) is 0 Å². The van der Waals surface area contributed by atoms with Crippen LogP contribution in [0.25, 0.3) is 0 Å². The van der Waals surface area contributed by atoms with Gasteiger partial charge in [0.15, 0.2) is 5.11 Å². The average molecular weight is 353 g/mol. The predicted octanol–water partition coefficient (Wildman–Crippen LogP) is 3.78. The van der Waals surface area contributed by atoms with Crippen LogP contribution in [-0.4, -0.2) is 23.1 Å². The zero-order chi connectivity index (χ0) is 17.9. The van der Waals surface area contributed by atoms with Crippen LogP contribution in [0.2, 0.25) is 0 Å². The van der Waals surface area contributed by atoms with Gasteiger partial charge in [-0.15, -0.1) is 0 Å². The lowest BCUT2D eigenvalue weighted by atomic mass is 10.1. The van der Waals surface area contributed by atoms with Gasteiger partial charge in [0, 0.05) is 12.5 Å². The molecule has 0 bridgehead atoms. The number of hydrogen-bond donors (Lipinski definition) is 2. The molecule has 1 rings (SSSR count). The number of benzene rings is 1. The molecule has 2 N–H and O–H groups in total. The molecule has 0 radical (unpaired) electrons. The van der Waals surface area contributed by atoms with Gasteiger partial charge in [-0.25, -0.2) is 0 Å². The van der Waals surface area contributed by atoms with Crippen molar-refractivity contribution in [1.82, 2.24) is 5.32 Å². The molecule has 0 aliphatic carbocycles. The Morgan fingerprint density at radius 2 is 2.00 bits per heavy atom. The molecule has 1 amide bonds. The maximum Gasteiger partial charge on any atom is 0.273 e. The highest BCUT2D eigenvalue weighted by Gasteiger charge is 2.13. The molecule has 0 aliphatic rings. The lowest BCUT2D eigenvalue weighted by molar-refractivity contribution is -0.384. The van der Waals surface area contributed by atoms with Crippen LogP contribution in [0, 0.1) is 10.1 Å². The Bertz CT molecular complexity index is 593. The van der Waals surface area contributed by atoms with E-state index in [1.165, 1.54) is 31.7 Å². The number of anilines is 1. The largest absolute Gasteiger partial charge is 0.494 e. The summed E-state index contributed by atoms with van der Waals surface area (Å²) in [6.07, 6.45) is 5.75. The van der Waals surface area contributed by atoms with E-state index in [0.29, 0.717) is 12.1 Å². The van der Waals surface area contributed by atoms with Gasteiger partial charge in [-0.05, 0) is 24.7 Å². The number of thiocarbonyl (C=S) groups is 1. The fourth-order valence-corrected chi connectivity index (χ4v) is 2.35. The second-order valence-corrected chi connectivity index (χ2v) is 5.72. The summed E-state index contributed by atoms with van der Waals surface area (Å²) in [5.41, 5.74) is 0.371. The van der Waals surface area contributed by atoms with Crippen molar-refractivity contribution in [1.29, 1.82) is 0 Å². The SMILES string of the molecule is CCCCCCCC(=O)NC(=S)Nc1ccc([N+](=O)[O-])cc1OC. The summed E-state index contributed by atoms with van der Waals surface area (Å²) in [6, 6.07) is 4.11. The Kier molecular flexibility index (Phi) is 8.70. The number of ether oxygens (including phenoxy) is 1. The third kappa shape index (κ3) is 6.91. The third-order valence-corrected chi connectivity index (χ3v) is 3.61. The van der Waals surface area contributed by atoms with Crippen LogP contribution in [-0.2, 0) is 4.79 Å². The monoisotopic (exact) mass is 353 g/mol.